The van der Waals surface area contributed by atoms with E-state index in [4.69, 9.17) is 28.3 Å². The molecule has 1 saturated heterocycles. The Kier molecular flexibility index (Phi) is 6.26. The number of hydrogen-bond donors (Lipinski definition) is 2. The number of likely N-dealkylation sites (tertiary alicyclic amines) is 1. The summed E-state index contributed by atoms with van der Waals surface area (Å²) in [5.74, 6) is -1.69. The number of aromatic nitrogens is 1. The Balaban J connectivity index is 1.31. The Labute approximate surface area is 225 Å². The molecule has 2 amide bonds. The van der Waals surface area contributed by atoms with Crippen LogP contribution in [0, 0.1) is 29.6 Å². The maximum absolute atomic E-state index is 13.6. The molecule has 0 spiro atoms. The molecule has 7 atom stereocenters. The molecule has 3 fully saturated rings. The fourth-order valence-electron chi connectivity index (χ4n) is 7.13. The fourth-order valence-corrected chi connectivity index (χ4v) is 10.4. The van der Waals surface area contributed by atoms with E-state index in [1.165, 1.54) is 16.2 Å². The number of halogens is 2. The van der Waals surface area contributed by atoms with Crippen LogP contribution in [-0.4, -0.2) is 44.6 Å². The van der Waals surface area contributed by atoms with Crippen LogP contribution >= 0.6 is 46.3 Å². The minimum Gasteiger partial charge on any atom is -0.481 e. The van der Waals surface area contributed by atoms with Crippen LogP contribution in [0.4, 0.5) is 0 Å². The van der Waals surface area contributed by atoms with Crippen molar-refractivity contribution in [3.8, 4) is 0 Å². The Morgan fingerprint density at radius 2 is 1.83 bits per heavy atom. The molecular formula is C25H24Cl2N2O5S2. The van der Waals surface area contributed by atoms with Gasteiger partial charge < -0.3 is 10.1 Å². The highest BCUT2D eigenvalue weighted by molar-refractivity contribution is 8.00. The van der Waals surface area contributed by atoms with Gasteiger partial charge in [-0.15, -0.1) is 11.8 Å². The molecule has 190 valence electrons. The van der Waals surface area contributed by atoms with Crippen molar-refractivity contribution in [1.29, 1.82) is 0 Å². The summed E-state index contributed by atoms with van der Waals surface area (Å²) in [6.07, 6.45) is 2.72. The lowest BCUT2D eigenvalue weighted by atomic mass is 9.68. The van der Waals surface area contributed by atoms with Crippen molar-refractivity contribution in [2.24, 2.45) is 29.6 Å². The third-order valence-corrected chi connectivity index (χ3v) is 11.8. The summed E-state index contributed by atoms with van der Waals surface area (Å²) in [6, 6.07) is 5.56. The first-order valence-corrected chi connectivity index (χ1v) is 14.6. The maximum Gasteiger partial charge on any atom is 0.305 e. The third-order valence-electron chi connectivity index (χ3n) is 8.40. The van der Waals surface area contributed by atoms with Crippen LogP contribution in [0.5, 0.6) is 0 Å². The van der Waals surface area contributed by atoms with E-state index in [1.54, 1.807) is 17.8 Å². The quantitative estimate of drug-likeness (QED) is 0.366. The zero-order valence-corrected chi connectivity index (χ0v) is 22.3. The SMILES string of the molecule is O=C(O)CCCCCN1C(=O)C2C3CC(C2C1=O)C1C3Sc2[nH]c(=O)sc2[C@@H]1c1cccc(Cl)c1Cl. The molecule has 1 aromatic heterocycles. The number of carbonyl (C=O) groups excluding carboxylic acids is 2. The lowest BCUT2D eigenvalue weighted by Gasteiger charge is -2.43. The average Bonchev–Trinajstić information content (AvgIpc) is 3.56. The maximum atomic E-state index is 13.6. The normalized spacial score (nSPS) is 32.1. The zero-order chi connectivity index (χ0) is 25.3. The van der Waals surface area contributed by atoms with Gasteiger partial charge in [-0.2, -0.15) is 0 Å². The second-order valence-corrected chi connectivity index (χ2v) is 13.1. The number of rotatable bonds is 7. The van der Waals surface area contributed by atoms with Gasteiger partial charge in [-0.05, 0) is 48.6 Å². The van der Waals surface area contributed by atoms with E-state index in [1.807, 2.05) is 12.1 Å². The van der Waals surface area contributed by atoms with E-state index in [9.17, 15) is 19.2 Å². The molecule has 2 aliphatic heterocycles. The number of hydrogen-bond acceptors (Lipinski definition) is 6. The molecule has 2 aromatic rings. The number of benzene rings is 1. The van der Waals surface area contributed by atoms with Crippen LogP contribution in [0.1, 0.15) is 48.5 Å². The second kappa shape index (κ2) is 9.19. The van der Waals surface area contributed by atoms with Crippen LogP contribution < -0.4 is 4.87 Å². The van der Waals surface area contributed by atoms with E-state index >= 15 is 0 Å². The van der Waals surface area contributed by atoms with Crippen LogP contribution in [0.15, 0.2) is 28.0 Å². The number of fused-ring (bicyclic) bond motifs is 9. The first-order chi connectivity index (χ1) is 17.3. The first-order valence-electron chi connectivity index (χ1n) is 12.2. The number of nitrogens with zero attached hydrogens (tertiary/aromatic N) is 1. The molecule has 2 N–H and O–H groups in total. The molecule has 1 aromatic carbocycles. The standard InChI is InChI=1S/C25H24Cl2N2O5S2/c26-13-6-4-5-10(19(13)27)15-16-11-9-12(20(16)35-22-21(15)36-25(34)28-22)18-17(11)23(32)29(24(18)33)8-3-1-2-7-14(30)31/h4-6,11-12,15-18,20H,1-3,7-9H2,(H,28,34)(H,30,31)/t11?,12?,15-,16?,17?,18?,20?/m1/s1. The molecule has 4 aliphatic rings. The average molecular weight is 568 g/mol. The predicted octanol–water partition coefficient (Wildman–Crippen LogP) is 4.86. The van der Waals surface area contributed by atoms with Crippen molar-refractivity contribution >= 4 is 64.1 Å². The van der Waals surface area contributed by atoms with Crippen LogP contribution in [-0.2, 0) is 14.4 Å². The minimum atomic E-state index is -0.834. The van der Waals surface area contributed by atoms with Crippen LogP contribution in [0.25, 0.3) is 0 Å². The molecule has 3 heterocycles. The van der Waals surface area contributed by atoms with Crippen molar-refractivity contribution < 1.29 is 19.5 Å². The largest absolute Gasteiger partial charge is 0.481 e. The van der Waals surface area contributed by atoms with Crippen LogP contribution in [0.2, 0.25) is 10.0 Å². The minimum absolute atomic E-state index is 0.0244. The molecule has 2 aliphatic carbocycles. The number of carboxylic acid groups (broad SMARTS) is 1. The van der Waals surface area contributed by atoms with Gasteiger partial charge in [-0.25, -0.2) is 0 Å². The molecule has 0 radical (unpaired) electrons. The lowest BCUT2D eigenvalue weighted by Crippen LogP contribution is -2.42. The number of thiazole rings is 1. The number of nitrogens with one attached hydrogen (secondary N) is 1. The second-order valence-electron chi connectivity index (χ2n) is 10.1. The Hall–Kier alpha value is -1.81. The molecule has 6 unspecified atom stereocenters. The van der Waals surface area contributed by atoms with Gasteiger partial charge in [0, 0.05) is 29.0 Å². The van der Waals surface area contributed by atoms with E-state index in [-0.39, 0.29) is 63.9 Å². The van der Waals surface area contributed by atoms with E-state index in [0.29, 0.717) is 35.9 Å². The van der Waals surface area contributed by atoms with Gasteiger partial charge in [-0.1, -0.05) is 53.1 Å². The van der Waals surface area contributed by atoms with Gasteiger partial charge in [0.25, 0.3) is 0 Å². The highest BCUT2D eigenvalue weighted by Gasteiger charge is 2.69. The summed E-state index contributed by atoms with van der Waals surface area (Å²) in [4.78, 5) is 55.3. The number of aromatic amines is 1. The highest BCUT2D eigenvalue weighted by atomic mass is 35.5. The first kappa shape index (κ1) is 24.5. The summed E-state index contributed by atoms with van der Waals surface area (Å²) < 4.78 is 0. The number of unbranched alkanes of at least 4 members (excludes halogenated alkanes) is 2. The molecule has 7 nitrogen and oxygen atoms in total. The topological polar surface area (TPSA) is 108 Å². The Morgan fingerprint density at radius 3 is 2.58 bits per heavy atom. The van der Waals surface area contributed by atoms with Crippen molar-refractivity contribution in [3.63, 3.8) is 0 Å². The van der Waals surface area contributed by atoms with Gasteiger partial charge in [0.2, 0.25) is 11.8 Å². The van der Waals surface area contributed by atoms with Gasteiger partial charge >= 0.3 is 10.8 Å². The van der Waals surface area contributed by atoms with Crippen LogP contribution in [0.3, 0.4) is 0 Å². The summed E-state index contributed by atoms with van der Waals surface area (Å²) in [5.41, 5.74) is 0.868. The van der Waals surface area contributed by atoms with E-state index in [2.05, 4.69) is 4.98 Å². The van der Waals surface area contributed by atoms with Gasteiger partial charge in [-0.3, -0.25) is 24.1 Å². The molecule has 6 rings (SSSR count). The number of H-pyrrole nitrogens is 1. The smallest absolute Gasteiger partial charge is 0.305 e. The van der Waals surface area contributed by atoms with Crippen molar-refractivity contribution in [3.05, 3.63) is 48.4 Å². The molecule has 2 bridgehead atoms. The van der Waals surface area contributed by atoms with Gasteiger partial charge in [0.05, 0.1) is 26.9 Å². The number of amides is 2. The fraction of sp³-hybridized carbons (Fsp3) is 0.520. The summed E-state index contributed by atoms with van der Waals surface area (Å²) in [5, 5.41) is 10.7. The Bertz CT molecular complexity index is 1330. The number of aliphatic carboxylic acids is 1. The van der Waals surface area contributed by atoms with Crippen molar-refractivity contribution in [2.75, 3.05) is 6.54 Å². The number of imide groups is 1. The zero-order valence-electron chi connectivity index (χ0n) is 19.1. The summed E-state index contributed by atoms with van der Waals surface area (Å²) >= 11 is 15.9. The van der Waals surface area contributed by atoms with E-state index < -0.39 is 5.97 Å². The third kappa shape index (κ3) is 3.68. The monoisotopic (exact) mass is 566 g/mol. The summed E-state index contributed by atoms with van der Waals surface area (Å²) in [6.45, 7) is 0.344. The van der Waals surface area contributed by atoms with Gasteiger partial charge in [0.15, 0.2) is 0 Å². The van der Waals surface area contributed by atoms with Gasteiger partial charge in [0.1, 0.15) is 0 Å². The van der Waals surface area contributed by atoms with E-state index in [0.717, 1.165) is 21.9 Å². The lowest BCUT2D eigenvalue weighted by molar-refractivity contribution is -0.141. The molecule has 36 heavy (non-hydrogen) atoms. The van der Waals surface area contributed by atoms with Crippen molar-refractivity contribution in [1.82, 2.24) is 9.88 Å². The summed E-state index contributed by atoms with van der Waals surface area (Å²) in [7, 11) is 0. The number of carboxylic acids is 1. The Morgan fingerprint density at radius 1 is 1.08 bits per heavy atom. The molecule has 2 saturated carbocycles. The predicted molar refractivity (Wildman–Crippen MR) is 138 cm³/mol. The molecule has 11 heteroatoms. The highest BCUT2D eigenvalue weighted by Crippen LogP contribution is 2.68. The molecular weight excluding hydrogens is 543 g/mol. The number of carbonyl (C=O) groups is 3. The number of thioether (sulfide) groups is 1. The van der Waals surface area contributed by atoms with Crippen molar-refractivity contribution in [2.45, 2.75) is 48.3 Å².